The summed E-state index contributed by atoms with van der Waals surface area (Å²) in [7, 11) is 0. The Balaban J connectivity index is 3.30. The molecule has 7 heteroatoms. The van der Waals surface area contributed by atoms with Gasteiger partial charge in [0.15, 0.2) is 5.69 Å². The first-order chi connectivity index (χ1) is 8.18. The molecule has 0 saturated heterocycles. The van der Waals surface area contributed by atoms with E-state index in [1.54, 1.807) is 0 Å². The highest BCUT2D eigenvalue weighted by molar-refractivity contribution is 5.88. The highest BCUT2D eigenvalue weighted by Crippen LogP contribution is 2.32. The molecule has 0 aliphatic heterocycles. The van der Waals surface area contributed by atoms with Crippen molar-refractivity contribution in [1.82, 2.24) is 9.78 Å². The first kappa shape index (κ1) is 14.5. The van der Waals surface area contributed by atoms with Crippen molar-refractivity contribution in [3.8, 4) is 0 Å². The van der Waals surface area contributed by atoms with Crippen LogP contribution < -0.4 is 0 Å². The van der Waals surface area contributed by atoms with Gasteiger partial charge in [-0.1, -0.05) is 20.8 Å². The van der Waals surface area contributed by atoms with E-state index in [1.165, 1.54) is 0 Å². The Labute approximate surface area is 102 Å². The number of aromatic carboxylic acids is 1. The van der Waals surface area contributed by atoms with E-state index < -0.39 is 23.4 Å². The van der Waals surface area contributed by atoms with E-state index in [1.807, 2.05) is 20.8 Å². The quantitative estimate of drug-likeness (QED) is 0.908. The van der Waals surface area contributed by atoms with Crippen LogP contribution in [0.1, 0.15) is 49.3 Å². The summed E-state index contributed by atoms with van der Waals surface area (Å²) < 4.78 is 39.1. The van der Waals surface area contributed by atoms with Gasteiger partial charge in [-0.15, -0.1) is 0 Å². The van der Waals surface area contributed by atoms with Crippen LogP contribution in [0.2, 0.25) is 0 Å². The van der Waals surface area contributed by atoms with Crippen molar-refractivity contribution in [2.45, 2.75) is 39.4 Å². The summed E-state index contributed by atoms with van der Waals surface area (Å²) in [6.07, 6.45) is -3.22. The number of carboxylic acid groups (broad SMARTS) is 1. The normalized spacial score (nSPS) is 13.9. The fourth-order valence-electron chi connectivity index (χ4n) is 1.89. The van der Waals surface area contributed by atoms with Crippen molar-refractivity contribution in [2.24, 2.45) is 5.92 Å². The summed E-state index contributed by atoms with van der Waals surface area (Å²) in [4.78, 5) is 10.8. The lowest BCUT2D eigenvalue weighted by atomic mass is 10.0. The van der Waals surface area contributed by atoms with Crippen LogP contribution in [0, 0.1) is 5.92 Å². The fourth-order valence-corrected chi connectivity index (χ4v) is 1.89. The van der Waals surface area contributed by atoms with Crippen LogP contribution in [0.4, 0.5) is 13.2 Å². The summed E-state index contributed by atoms with van der Waals surface area (Å²) in [5.41, 5.74) is -2.14. The van der Waals surface area contributed by atoms with Crippen molar-refractivity contribution in [2.75, 3.05) is 0 Å². The standard InChI is InChI=1S/C11H15F3N2O2/c1-4-8(6(2)3)16-5-7(10(17)18)9(15-16)11(12,13)14/h5-6,8H,4H2,1-3H3,(H,17,18). The second-order valence-electron chi connectivity index (χ2n) is 4.39. The van der Waals surface area contributed by atoms with Crippen LogP contribution in [0.3, 0.4) is 0 Å². The van der Waals surface area contributed by atoms with Crippen LogP contribution in [-0.2, 0) is 6.18 Å². The molecular weight excluding hydrogens is 249 g/mol. The number of hydrogen-bond donors (Lipinski definition) is 1. The van der Waals surface area contributed by atoms with Gasteiger partial charge in [0.25, 0.3) is 0 Å². The number of carbonyl (C=O) groups is 1. The minimum atomic E-state index is -4.76. The van der Waals surface area contributed by atoms with E-state index in [0.717, 1.165) is 10.9 Å². The third-order valence-corrected chi connectivity index (χ3v) is 2.76. The maximum Gasteiger partial charge on any atom is 0.436 e. The monoisotopic (exact) mass is 264 g/mol. The summed E-state index contributed by atoms with van der Waals surface area (Å²) >= 11 is 0. The highest BCUT2D eigenvalue weighted by Gasteiger charge is 2.39. The average molecular weight is 264 g/mol. The summed E-state index contributed by atoms with van der Waals surface area (Å²) in [6.45, 7) is 5.52. The van der Waals surface area contributed by atoms with Gasteiger partial charge in [0.1, 0.15) is 5.56 Å². The van der Waals surface area contributed by atoms with E-state index >= 15 is 0 Å². The van der Waals surface area contributed by atoms with Gasteiger partial charge >= 0.3 is 12.1 Å². The molecule has 102 valence electrons. The lowest BCUT2D eigenvalue weighted by molar-refractivity contribution is -0.142. The molecule has 0 radical (unpaired) electrons. The molecule has 0 aromatic carbocycles. The number of carboxylic acids is 1. The fraction of sp³-hybridized carbons (Fsp3) is 0.636. The molecule has 4 nitrogen and oxygen atoms in total. The Morgan fingerprint density at radius 2 is 2.06 bits per heavy atom. The molecule has 0 fully saturated rings. The molecule has 0 aliphatic carbocycles. The number of rotatable bonds is 4. The van der Waals surface area contributed by atoms with Crippen LogP contribution >= 0.6 is 0 Å². The molecule has 1 atom stereocenters. The molecular formula is C11H15F3N2O2. The number of halogens is 3. The number of aromatic nitrogens is 2. The van der Waals surface area contributed by atoms with Gasteiger partial charge in [-0.05, 0) is 12.3 Å². The minimum Gasteiger partial charge on any atom is -0.478 e. The van der Waals surface area contributed by atoms with E-state index in [9.17, 15) is 18.0 Å². The van der Waals surface area contributed by atoms with Crippen LogP contribution in [-0.4, -0.2) is 20.9 Å². The van der Waals surface area contributed by atoms with E-state index in [2.05, 4.69) is 5.10 Å². The first-order valence-corrected chi connectivity index (χ1v) is 5.58. The maximum absolute atomic E-state index is 12.7. The molecule has 1 unspecified atom stereocenters. The van der Waals surface area contributed by atoms with Gasteiger partial charge in [-0.2, -0.15) is 18.3 Å². The van der Waals surface area contributed by atoms with E-state index in [0.29, 0.717) is 6.42 Å². The first-order valence-electron chi connectivity index (χ1n) is 5.58. The molecule has 1 aromatic rings. The molecule has 0 bridgehead atoms. The van der Waals surface area contributed by atoms with E-state index in [4.69, 9.17) is 5.11 Å². The Morgan fingerprint density at radius 3 is 2.33 bits per heavy atom. The molecule has 0 aliphatic rings. The smallest absolute Gasteiger partial charge is 0.436 e. The van der Waals surface area contributed by atoms with Gasteiger partial charge in [-0.3, -0.25) is 4.68 Å². The van der Waals surface area contributed by atoms with Crippen LogP contribution in [0.5, 0.6) is 0 Å². The molecule has 18 heavy (non-hydrogen) atoms. The van der Waals surface area contributed by atoms with Gasteiger partial charge < -0.3 is 5.11 Å². The van der Waals surface area contributed by atoms with E-state index in [-0.39, 0.29) is 12.0 Å². The topological polar surface area (TPSA) is 55.1 Å². The third-order valence-electron chi connectivity index (χ3n) is 2.76. The van der Waals surface area contributed by atoms with Gasteiger partial charge in [0, 0.05) is 6.20 Å². The number of hydrogen-bond acceptors (Lipinski definition) is 2. The van der Waals surface area contributed by atoms with Gasteiger partial charge in [-0.25, -0.2) is 4.79 Å². The second-order valence-corrected chi connectivity index (χ2v) is 4.39. The second kappa shape index (κ2) is 4.99. The van der Waals surface area contributed by atoms with Crippen molar-refractivity contribution < 1.29 is 23.1 Å². The summed E-state index contributed by atoms with van der Waals surface area (Å²) in [6, 6.07) is -0.251. The van der Waals surface area contributed by atoms with Crippen molar-refractivity contribution >= 4 is 5.97 Å². The molecule has 0 spiro atoms. The zero-order chi connectivity index (χ0) is 14.1. The molecule has 1 N–H and O–H groups in total. The largest absolute Gasteiger partial charge is 0.478 e. The van der Waals surface area contributed by atoms with Gasteiger partial charge in [0.05, 0.1) is 6.04 Å². The summed E-state index contributed by atoms with van der Waals surface area (Å²) in [5, 5.41) is 12.2. The molecule has 1 aromatic heterocycles. The molecule has 1 rings (SSSR count). The minimum absolute atomic E-state index is 0.0672. The molecule has 1 heterocycles. The SMILES string of the molecule is CCC(C(C)C)n1cc(C(=O)O)c(C(F)(F)F)n1. The Kier molecular flexibility index (Phi) is 4.03. The Morgan fingerprint density at radius 1 is 1.50 bits per heavy atom. The van der Waals surface area contributed by atoms with Crippen LogP contribution in [0.25, 0.3) is 0 Å². The Bertz CT molecular complexity index is 438. The average Bonchev–Trinajstić information content (AvgIpc) is 2.62. The highest BCUT2D eigenvalue weighted by atomic mass is 19.4. The third kappa shape index (κ3) is 2.83. The maximum atomic E-state index is 12.7. The van der Waals surface area contributed by atoms with Crippen molar-refractivity contribution in [3.05, 3.63) is 17.5 Å². The predicted molar refractivity (Wildman–Crippen MR) is 58.4 cm³/mol. The van der Waals surface area contributed by atoms with Gasteiger partial charge in [0.2, 0.25) is 0 Å². The number of nitrogens with zero attached hydrogens (tertiary/aromatic N) is 2. The zero-order valence-electron chi connectivity index (χ0n) is 10.3. The number of alkyl halides is 3. The lowest BCUT2D eigenvalue weighted by Gasteiger charge is -2.19. The Hall–Kier alpha value is -1.53. The van der Waals surface area contributed by atoms with Crippen molar-refractivity contribution in [1.29, 1.82) is 0 Å². The van der Waals surface area contributed by atoms with Crippen LogP contribution in [0.15, 0.2) is 6.20 Å². The zero-order valence-corrected chi connectivity index (χ0v) is 10.3. The van der Waals surface area contributed by atoms with Crippen molar-refractivity contribution in [3.63, 3.8) is 0 Å². The summed E-state index contributed by atoms with van der Waals surface area (Å²) in [5.74, 6) is -1.55. The molecule has 0 amide bonds. The molecule has 0 saturated carbocycles. The predicted octanol–water partition coefficient (Wildman–Crippen LogP) is 3.21. The lowest BCUT2D eigenvalue weighted by Crippen LogP contribution is -2.16.